The first kappa shape index (κ1) is 15.1. The summed E-state index contributed by atoms with van der Waals surface area (Å²) in [6.07, 6.45) is 2.74. The summed E-state index contributed by atoms with van der Waals surface area (Å²) in [7, 11) is 0. The van der Waals surface area contributed by atoms with Crippen molar-refractivity contribution in [2.45, 2.75) is 6.42 Å². The highest BCUT2D eigenvalue weighted by molar-refractivity contribution is 5.93. The number of hydrogen-bond donors (Lipinski definition) is 0. The third kappa shape index (κ3) is 3.12. The van der Waals surface area contributed by atoms with Crippen LogP contribution in [0.4, 0.5) is 0 Å². The minimum absolute atomic E-state index is 0.0244. The van der Waals surface area contributed by atoms with E-state index in [2.05, 4.69) is 4.98 Å². The van der Waals surface area contributed by atoms with Crippen molar-refractivity contribution in [3.05, 3.63) is 54.4 Å². The summed E-state index contributed by atoms with van der Waals surface area (Å²) in [5.41, 5.74) is 0.435. The summed E-state index contributed by atoms with van der Waals surface area (Å²) in [5, 5.41) is 0. The highest BCUT2D eigenvalue weighted by Crippen LogP contribution is 2.31. The maximum Gasteiger partial charge on any atom is 0.272 e. The molecular formula is C19H20N2O3. The Balaban J connectivity index is 1.39. The second-order valence-corrected chi connectivity index (χ2v) is 6.39. The molecule has 1 amide bonds. The number of carbonyl (C=O) groups is 1. The normalized spacial score (nSPS) is 20.7. The smallest absolute Gasteiger partial charge is 0.272 e. The molecule has 0 bridgehead atoms. The van der Waals surface area contributed by atoms with Crippen LogP contribution in [0, 0.1) is 11.8 Å². The van der Waals surface area contributed by atoms with E-state index < -0.39 is 0 Å². The maximum absolute atomic E-state index is 12.6. The van der Waals surface area contributed by atoms with Crippen LogP contribution in [-0.4, -0.2) is 42.1 Å². The molecule has 0 spiro atoms. The van der Waals surface area contributed by atoms with Crippen LogP contribution in [-0.2, 0) is 4.74 Å². The predicted octanol–water partition coefficient (Wildman–Crippen LogP) is 2.98. The molecule has 4 rings (SSSR count). The number of amides is 1. The molecule has 2 aliphatic heterocycles. The van der Waals surface area contributed by atoms with E-state index in [0.717, 1.165) is 38.5 Å². The Bertz CT molecular complexity index is 708. The fourth-order valence-corrected chi connectivity index (χ4v) is 3.28. The zero-order chi connectivity index (χ0) is 16.4. The van der Waals surface area contributed by atoms with E-state index in [1.54, 1.807) is 18.3 Å². The Morgan fingerprint density at radius 1 is 1.12 bits per heavy atom. The topological polar surface area (TPSA) is 51.7 Å². The van der Waals surface area contributed by atoms with E-state index >= 15 is 0 Å². The number of hydrogen-bond acceptors (Lipinski definition) is 4. The molecule has 5 nitrogen and oxygen atoms in total. The number of aromatic nitrogens is 1. The fourth-order valence-electron chi connectivity index (χ4n) is 3.28. The van der Waals surface area contributed by atoms with E-state index in [-0.39, 0.29) is 5.91 Å². The fraction of sp³-hybridized carbons (Fsp3) is 0.368. The van der Waals surface area contributed by atoms with Crippen LogP contribution in [0.25, 0.3) is 0 Å². The van der Waals surface area contributed by atoms with E-state index in [1.807, 2.05) is 35.2 Å². The molecule has 2 saturated heterocycles. The van der Waals surface area contributed by atoms with Gasteiger partial charge >= 0.3 is 0 Å². The van der Waals surface area contributed by atoms with Crippen molar-refractivity contribution in [1.29, 1.82) is 0 Å². The monoisotopic (exact) mass is 324 g/mol. The average molecular weight is 324 g/mol. The lowest BCUT2D eigenvalue weighted by Gasteiger charge is -2.41. The molecule has 1 unspecified atom stereocenters. The number of likely N-dealkylation sites (tertiary alicyclic amines) is 1. The van der Waals surface area contributed by atoms with Gasteiger partial charge in [0.05, 0.1) is 0 Å². The summed E-state index contributed by atoms with van der Waals surface area (Å²) in [6, 6.07) is 13.0. The molecule has 0 saturated carbocycles. The molecule has 0 N–H and O–H groups in total. The van der Waals surface area contributed by atoms with Gasteiger partial charge in [0, 0.05) is 38.6 Å². The van der Waals surface area contributed by atoms with Gasteiger partial charge < -0.3 is 14.4 Å². The molecule has 124 valence electrons. The molecule has 5 heteroatoms. The third-order valence-corrected chi connectivity index (χ3v) is 4.76. The summed E-state index contributed by atoms with van der Waals surface area (Å²) in [4.78, 5) is 18.6. The Morgan fingerprint density at radius 3 is 2.71 bits per heavy atom. The van der Waals surface area contributed by atoms with Gasteiger partial charge in [0.25, 0.3) is 5.91 Å². The Hall–Kier alpha value is -2.40. The first-order valence-corrected chi connectivity index (χ1v) is 8.35. The summed E-state index contributed by atoms with van der Waals surface area (Å²) in [6.45, 7) is 3.30. The zero-order valence-corrected chi connectivity index (χ0v) is 13.4. The molecule has 24 heavy (non-hydrogen) atoms. The van der Waals surface area contributed by atoms with Gasteiger partial charge in [-0.1, -0.05) is 18.2 Å². The molecule has 1 atom stereocenters. The van der Waals surface area contributed by atoms with Gasteiger partial charge in [0.2, 0.25) is 0 Å². The SMILES string of the molecule is O=C(c1cc(Oc2ccccc2)ccn1)N1CC(C2CCOC2)C1. The molecule has 2 fully saturated rings. The standard InChI is InChI=1S/C19H20N2O3/c22-19(21-11-15(12-21)14-7-9-23-13-14)18-10-17(6-8-20-18)24-16-4-2-1-3-5-16/h1-6,8,10,14-15H,7,9,11-13H2. The highest BCUT2D eigenvalue weighted by Gasteiger charge is 2.38. The van der Waals surface area contributed by atoms with Gasteiger partial charge in [0.15, 0.2) is 0 Å². The van der Waals surface area contributed by atoms with Crippen LogP contribution < -0.4 is 4.74 Å². The second kappa shape index (κ2) is 6.61. The van der Waals surface area contributed by atoms with E-state index in [4.69, 9.17) is 9.47 Å². The highest BCUT2D eigenvalue weighted by atomic mass is 16.5. The van der Waals surface area contributed by atoms with Crippen LogP contribution in [0.1, 0.15) is 16.9 Å². The second-order valence-electron chi connectivity index (χ2n) is 6.39. The summed E-state index contributed by atoms with van der Waals surface area (Å²) < 4.78 is 11.2. The van der Waals surface area contributed by atoms with Crippen LogP contribution in [0.5, 0.6) is 11.5 Å². The molecule has 1 aromatic carbocycles. The van der Waals surface area contributed by atoms with Gasteiger partial charge in [-0.3, -0.25) is 9.78 Å². The number of ether oxygens (including phenoxy) is 2. The lowest BCUT2D eigenvalue weighted by atomic mass is 9.85. The van der Waals surface area contributed by atoms with Crippen LogP contribution in [0.2, 0.25) is 0 Å². The van der Waals surface area contributed by atoms with Crippen LogP contribution >= 0.6 is 0 Å². The van der Waals surface area contributed by atoms with E-state index in [0.29, 0.717) is 23.3 Å². The molecule has 3 heterocycles. The van der Waals surface area contributed by atoms with E-state index in [1.165, 1.54) is 0 Å². The van der Waals surface area contributed by atoms with Crippen molar-refractivity contribution >= 4 is 5.91 Å². The summed E-state index contributed by atoms with van der Waals surface area (Å²) in [5.74, 6) is 2.52. The lowest BCUT2D eigenvalue weighted by molar-refractivity contribution is 0.0336. The van der Waals surface area contributed by atoms with Gasteiger partial charge in [-0.25, -0.2) is 0 Å². The molecule has 1 aromatic heterocycles. The van der Waals surface area contributed by atoms with Gasteiger partial charge in [-0.05, 0) is 36.5 Å². The minimum atomic E-state index is -0.0244. The molecule has 0 aliphatic carbocycles. The molecule has 2 aromatic rings. The number of para-hydroxylation sites is 1. The Labute approximate surface area is 141 Å². The van der Waals surface area contributed by atoms with Crippen molar-refractivity contribution in [3.63, 3.8) is 0 Å². The van der Waals surface area contributed by atoms with Crippen LogP contribution in [0.3, 0.4) is 0 Å². The zero-order valence-electron chi connectivity index (χ0n) is 13.4. The number of nitrogens with zero attached hydrogens (tertiary/aromatic N) is 2. The van der Waals surface area contributed by atoms with Gasteiger partial charge in [-0.15, -0.1) is 0 Å². The first-order valence-electron chi connectivity index (χ1n) is 8.35. The Kier molecular flexibility index (Phi) is 4.17. The average Bonchev–Trinajstić information content (AvgIpc) is 3.09. The quantitative estimate of drug-likeness (QED) is 0.867. The van der Waals surface area contributed by atoms with Crippen molar-refractivity contribution in [2.24, 2.45) is 11.8 Å². The number of carbonyl (C=O) groups excluding carboxylic acids is 1. The van der Waals surface area contributed by atoms with E-state index in [9.17, 15) is 4.79 Å². The molecule has 2 aliphatic rings. The van der Waals surface area contributed by atoms with Crippen molar-refractivity contribution in [3.8, 4) is 11.5 Å². The number of benzene rings is 1. The van der Waals surface area contributed by atoms with Gasteiger partial charge in [0.1, 0.15) is 17.2 Å². The summed E-state index contributed by atoms with van der Waals surface area (Å²) >= 11 is 0. The van der Waals surface area contributed by atoms with Crippen molar-refractivity contribution < 1.29 is 14.3 Å². The van der Waals surface area contributed by atoms with Crippen molar-refractivity contribution in [2.75, 3.05) is 26.3 Å². The van der Waals surface area contributed by atoms with Crippen molar-refractivity contribution in [1.82, 2.24) is 9.88 Å². The van der Waals surface area contributed by atoms with Gasteiger partial charge in [-0.2, -0.15) is 0 Å². The molecule has 0 radical (unpaired) electrons. The minimum Gasteiger partial charge on any atom is -0.457 e. The maximum atomic E-state index is 12.6. The largest absolute Gasteiger partial charge is 0.457 e. The third-order valence-electron chi connectivity index (χ3n) is 4.76. The lowest BCUT2D eigenvalue weighted by Crippen LogP contribution is -2.53. The predicted molar refractivity (Wildman–Crippen MR) is 89.1 cm³/mol. The number of rotatable bonds is 4. The first-order chi connectivity index (χ1) is 11.8. The molecular weight excluding hydrogens is 304 g/mol. The Morgan fingerprint density at radius 2 is 1.96 bits per heavy atom. The van der Waals surface area contributed by atoms with Crippen LogP contribution in [0.15, 0.2) is 48.7 Å². The number of pyridine rings is 1.